The second kappa shape index (κ2) is 6.96. The first-order valence-corrected chi connectivity index (χ1v) is 8.45. The smallest absolute Gasteiger partial charge is 0.166 e. The normalized spacial score (nSPS) is 14.9. The minimum atomic E-state index is 0.260. The Morgan fingerprint density at radius 3 is 2.95 bits per heavy atom. The molecule has 3 nitrogen and oxygen atoms in total. The first-order valence-electron chi connectivity index (χ1n) is 7.51. The molecule has 1 aromatic carbocycles. The molecular weight excluding hydrogens is 282 g/mol. The molecule has 0 fully saturated rings. The Balaban J connectivity index is 1.88. The SMILES string of the molecule is CCCNC(Cc1ccsc1)c1cccc2c1OCCO2. The molecule has 1 aliphatic rings. The van der Waals surface area contributed by atoms with Crippen molar-refractivity contribution in [2.75, 3.05) is 19.8 Å². The molecule has 1 atom stereocenters. The molecule has 4 heteroatoms. The van der Waals surface area contributed by atoms with Gasteiger partial charge in [-0.05, 0) is 47.8 Å². The lowest BCUT2D eigenvalue weighted by Gasteiger charge is -2.26. The van der Waals surface area contributed by atoms with Gasteiger partial charge in [0.05, 0.1) is 0 Å². The topological polar surface area (TPSA) is 30.5 Å². The first-order chi connectivity index (χ1) is 10.4. The van der Waals surface area contributed by atoms with Crippen LogP contribution in [-0.2, 0) is 6.42 Å². The molecule has 0 radical (unpaired) electrons. The van der Waals surface area contributed by atoms with Gasteiger partial charge in [0, 0.05) is 11.6 Å². The summed E-state index contributed by atoms with van der Waals surface area (Å²) in [5, 5.41) is 7.99. The zero-order valence-corrected chi connectivity index (χ0v) is 13.1. The standard InChI is InChI=1S/C17H21NO2S/c1-2-7-18-15(11-13-6-10-21-12-13)14-4-3-5-16-17(14)20-9-8-19-16/h3-6,10,12,15,18H,2,7-9,11H2,1H3. The second-order valence-corrected chi connectivity index (χ2v) is 5.99. The summed E-state index contributed by atoms with van der Waals surface area (Å²) in [5.41, 5.74) is 2.56. The van der Waals surface area contributed by atoms with Crippen LogP contribution in [0.2, 0.25) is 0 Å². The Hall–Kier alpha value is -1.52. The lowest BCUT2D eigenvalue weighted by molar-refractivity contribution is 0.168. The summed E-state index contributed by atoms with van der Waals surface area (Å²) < 4.78 is 11.6. The number of hydrogen-bond acceptors (Lipinski definition) is 4. The quantitative estimate of drug-likeness (QED) is 0.880. The van der Waals surface area contributed by atoms with Crippen molar-refractivity contribution in [3.8, 4) is 11.5 Å². The third kappa shape index (κ3) is 3.39. The van der Waals surface area contributed by atoms with Crippen molar-refractivity contribution in [2.45, 2.75) is 25.8 Å². The van der Waals surface area contributed by atoms with Gasteiger partial charge in [-0.15, -0.1) is 0 Å². The third-order valence-corrected chi connectivity index (χ3v) is 4.36. The molecule has 0 saturated heterocycles. The number of thiophene rings is 1. The molecule has 1 N–H and O–H groups in total. The van der Waals surface area contributed by atoms with E-state index in [0.29, 0.717) is 13.2 Å². The first kappa shape index (κ1) is 14.4. The van der Waals surface area contributed by atoms with Crippen LogP contribution in [0.4, 0.5) is 0 Å². The van der Waals surface area contributed by atoms with Crippen LogP contribution >= 0.6 is 11.3 Å². The lowest BCUT2D eigenvalue weighted by Crippen LogP contribution is -2.26. The largest absolute Gasteiger partial charge is 0.486 e. The van der Waals surface area contributed by atoms with Crippen molar-refractivity contribution >= 4 is 11.3 Å². The van der Waals surface area contributed by atoms with Gasteiger partial charge in [-0.2, -0.15) is 11.3 Å². The summed E-state index contributed by atoms with van der Waals surface area (Å²) in [6.07, 6.45) is 2.09. The van der Waals surface area contributed by atoms with Gasteiger partial charge in [0.1, 0.15) is 13.2 Å². The van der Waals surface area contributed by atoms with Gasteiger partial charge >= 0.3 is 0 Å². The molecule has 0 saturated carbocycles. The van der Waals surface area contributed by atoms with E-state index < -0.39 is 0 Å². The molecule has 1 aromatic heterocycles. The van der Waals surface area contributed by atoms with E-state index in [9.17, 15) is 0 Å². The number of nitrogens with one attached hydrogen (secondary N) is 1. The van der Waals surface area contributed by atoms with Crippen LogP contribution < -0.4 is 14.8 Å². The fourth-order valence-electron chi connectivity index (χ4n) is 2.63. The van der Waals surface area contributed by atoms with Crippen LogP contribution in [-0.4, -0.2) is 19.8 Å². The molecule has 0 aliphatic carbocycles. The molecule has 1 aliphatic heterocycles. The maximum absolute atomic E-state index is 5.87. The average molecular weight is 303 g/mol. The van der Waals surface area contributed by atoms with Crippen LogP contribution in [0.3, 0.4) is 0 Å². The van der Waals surface area contributed by atoms with Crippen molar-refractivity contribution in [1.29, 1.82) is 0 Å². The highest BCUT2D eigenvalue weighted by atomic mass is 32.1. The van der Waals surface area contributed by atoms with Crippen molar-refractivity contribution in [3.05, 3.63) is 46.2 Å². The highest BCUT2D eigenvalue weighted by Crippen LogP contribution is 2.38. The number of ether oxygens (including phenoxy) is 2. The van der Waals surface area contributed by atoms with E-state index in [1.807, 2.05) is 6.07 Å². The molecule has 0 amide bonds. The zero-order chi connectivity index (χ0) is 14.5. The summed E-state index contributed by atoms with van der Waals surface area (Å²) in [6.45, 7) is 4.45. The Labute approximate surface area is 129 Å². The number of rotatable bonds is 6. The van der Waals surface area contributed by atoms with E-state index >= 15 is 0 Å². The molecule has 1 unspecified atom stereocenters. The van der Waals surface area contributed by atoms with Crippen LogP contribution in [0.1, 0.15) is 30.5 Å². The van der Waals surface area contributed by atoms with E-state index in [-0.39, 0.29) is 6.04 Å². The molecular formula is C17H21NO2S. The highest BCUT2D eigenvalue weighted by molar-refractivity contribution is 7.07. The van der Waals surface area contributed by atoms with Gasteiger partial charge < -0.3 is 14.8 Å². The van der Waals surface area contributed by atoms with Gasteiger partial charge in [-0.1, -0.05) is 19.1 Å². The Kier molecular flexibility index (Phi) is 4.78. The Morgan fingerprint density at radius 1 is 1.24 bits per heavy atom. The fraction of sp³-hybridized carbons (Fsp3) is 0.412. The van der Waals surface area contributed by atoms with E-state index in [4.69, 9.17) is 9.47 Å². The van der Waals surface area contributed by atoms with Gasteiger partial charge in [0.25, 0.3) is 0 Å². The van der Waals surface area contributed by atoms with Crippen molar-refractivity contribution in [2.24, 2.45) is 0 Å². The van der Waals surface area contributed by atoms with Crippen molar-refractivity contribution in [3.63, 3.8) is 0 Å². The van der Waals surface area contributed by atoms with Crippen molar-refractivity contribution < 1.29 is 9.47 Å². The summed E-state index contributed by atoms with van der Waals surface area (Å²) in [6, 6.07) is 8.64. The lowest BCUT2D eigenvalue weighted by atomic mass is 9.98. The highest BCUT2D eigenvalue weighted by Gasteiger charge is 2.22. The van der Waals surface area contributed by atoms with E-state index in [1.54, 1.807) is 11.3 Å². The number of para-hydroxylation sites is 1. The number of hydrogen-bond donors (Lipinski definition) is 1. The predicted molar refractivity (Wildman–Crippen MR) is 86.5 cm³/mol. The number of benzene rings is 1. The zero-order valence-electron chi connectivity index (χ0n) is 12.3. The van der Waals surface area contributed by atoms with Gasteiger partial charge in [-0.25, -0.2) is 0 Å². The Morgan fingerprint density at radius 2 is 2.14 bits per heavy atom. The van der Waals surface area contributed by atoms with Gasteiger partial charge in [0.2, 0.25) is 0 Å². The molecule has 2 heterocycles. The molecule has 21 heavy (non-hydrogen) atoms. The van der Waals surface area contributed by atoms with Crippen LogP contribution in [0.15, 0.2) is 35.0 Å². The molecule has 2 aromatic rings. The maximum Gasteiger partial charge on any atom is 0.166 e. The monoisotopic (exact) mass is 303 g/mol. The summed E-state index contributed by atoms with van der Waals surface area (Å²) >= 11 is 1.75. The molecule has 0 spiro atoms. The third-order valence-electron chi connectivity index (χ3n) is 3.63. The van der Waals surface area contributed by atoms with Crippen molar-refractivity contribution in [1.82, 2.24) is 5.32 Å². The van der Waals surface area contributed by atoms with E-state index in [1.165, 1.54) is 11.1 Å². The summed E-state index contributed by atoms with van der Waals surface area (Å²) in [5.74, 6) is 1.78. The van der Waals surface area contributed by atoms with Crippen LogP contribution in [0.25, 0.3) is 0 Å². The maximum atomic E-state index is 5.87. The fourth-order valence-corrected chi connectivity index (χ4v) is 3.31. The van der Waals surface area contributed by atoms with E-state index in [2.05, 4.69) is 41.2 Å². The van der Waals surface area contributed by atoms with Crippen LogP contribution in [0, 0.1) is 0 Å². The molecule has 0 bridgehead atoms. The summed E-state index contributed by atoms with van der Waals surface area (Å²) in [7, 11) is 0. The molecule has 112 valence electrons. The minimum Gasteiger partial charge on any atom is -0.486 e. The van der Waals surface area contributed by atoms with Crippen LogP contribution in [0.5, 0.6) is 11.5 Å². The van der Waals surface area contributed by atoms with Gasteiger partial charge in [0.15, 0.2) is 11.5 Å². The molecule has 3 rings (SSSR count). The van der Waals surface area contributed by atoms with Gasteiger partial charge in [-0.3, -0.25) is 0 Å². The predicted octanol–water partition coefficient (Wildman–Crippen LogP) is 3.80. The second-order valence-electron chi connectivity index (χ2n) is 5.21. The Bertz CT molecular complexity index is 568. The number of fused-ring (bicyclic) bond motifs is 1. The minimum absolute atomic E-state index is 0.260. The average Bonchev–Trinajstić information content (AvgIpc) is 3.04. The van der Waals surface area contributed by atoms with E-state index in [0.717, 1.165) is 30.9 Å². The summed E-state index contributed by atoms with van der Waals surface area (Å²) in [4.78, 5) is 0.